The number of carbonyl (C=O) groups is 1. The van der Waals surface area contributed by atoms with E-state index in [-0.39, 0.29) is 17.8 Å². The number of aliphatic hydroxyl groups is 1. The van der Waals surface area contributed by atoms with E-state index in [1.54, 1.807) is 12.5 Å². The van der Waals surface area contributed by atoms with Gasteiger partial charge in [-0.2, -0.15) is 0 Å². The molecule has 5 heteroatoms. The van der Waals surface area contributed by atoms with Crippen molar-refractivity contribution in [3.05, 3.63) is 18.2 Å². The van der Waals surface area contributed by atoms with Crippen LogP contribution in [-0.2, 0) is 9.53 Å². The molecule has 0 radical (unpaired) electrons. The van der Waals surface area contributed by atoms with Crippen molar-refractivity contribution >= 4 is 5.78 Å². The fourth-order valence-corrected chi connectivity index (χ4v) is 2.22. The Balaban J connectivity index is 2.16. The van der Waals surface area contributed by atoms with Gasteiger partial charge in [0.15, 0.2) is 5.78 Å². The van der Waals surface area contributed by atoms with Gasteiger partial charge in [0.25, 0.3) is 0 Å². The van der Waals surface area contributed by atoms with Crippen molar-refractivity contribution in [3.63, 3.8) is 0 Å². The van der Waals surface area contributed by atoms with E-state index in [0.29, 0.717) is 6.42 Å². The molecule has 1 aromatic rings. The Bertz CT molecular complexity index is 400. The van der Waals surface area contributed by atoms with Crippen LogP contribution < -0.4 is 0 Å². The maximum Gasteiger partial charge on any atom is 0.216 e. The summed E-state index contributed by atoms with van der Waals surface area (Å²) in [6, 6.07) is 0. The molecule has 0 bridgehead atoms. The summed E-state index contributed by atoms with van der Waals surface area (Å²) in [6.07, 6.45) is 2.46. The van der Waals surface area contributed by atoms with Crippen LogP contribution in [0, 0.1) is 5.41 Å². The fourth-order valence-electron chi connectivity index (χ4n) is 2.22. The summed E-state index contributed by atoms with van der Waals surface area (Å²) in [5, 5.41) is 9.63. The van der Waals surface area contributed by atoms with Crippen LogP contribution >= 0.6 is 0 Å². The summed E-state index contributed by atoms with van der Waals surface area (Å²) in [7, 11) is 0. The highest BCUT2D eigenvalue weighted by Gasteiger charge is 2.43. The molecule has 3 atom stereocenters. The lowest BCUT2D eigenvalue weighted by molar-refractivity contribution is -0.198. The lowest BCUT2D eigenvalue weighted by atomic mass is 9.77. The van der Waals surface area contributed by atoms with E-state index in [1.807, 2.05) is 20.8 Å². The summed E-state index contributed by atoms with van der Waals surface area (Å²) in [4.78, 5) is 18.7. The minimum Gasteiger partial charge on any atom is -0.362 e. The largest absolute Gasteiger partial charge is 0.362 e. The number of aliphatic hydroxyl groups excluding tert-OH is 1. The number of ketones is 1. The number of nitrogens with zero attached hydrogens (tertiary/aromatic N) is 1. The van der Waals surface area contributed by atoms with Gasteiger partial charge in [-0.25, -0.2) is 4.98 Å². The molecule has 0 saturated carbocycles. The molecule has 1 fully saturated rings. The Morgan fingerprint density at radius 3 is 2.88 bits per heavy atom. The number of ether oxygens (including phenoxy) is 1. The number of hydrogen-bond donors (Lipinski definition) is 2. The number of H-pyrrole nitrogens is 1. The third kappa shape index (κ3) is 2.25. The molecule has 1 aliphatic heterocycles. The maximum atomic E-state index is 11.7. The number of rotatable bonds is 2. The Morgan fingerprint density at radius 2 is 2.35 bits per heavy atom. The van der Waals surface area contributed by atoms with Gasteiger partial charge in [-0.15, -0.1) is 0 Å². The number of aromatic amines is 1. The van der Waals surface area contributed by atoms with Crippen LogP contribution in [0.3, 0.4) is 0 Å². The van der Waals surface area contributed by atoms with E-state index < -0.39 is 11.7 Å². The highest BCUT2D eigenvalue weighted by atomic mass is 16.6. The third-order valence-corrected chi connectivity index (χ3v) is 3.47. The van der Waals surface area contributed by atoms with Gasteiger partial charge in [-0.3, -0.25) is 4.79 Å². The number of nitrogens with one attached hydrogen (secondary N) is 1. The van der Waals surface area contributed by atoms with Crippen molar-refractivity contribution in [2.75, 3.05) is 0 Å². The average Bonchev–Trinajstić information content (AvgIpc) is 2.77. The highest BCUT2D eigenvalue weighted by Crippen LogP contribution is 2.37. The molecule has 0 aromatic carbocycles. The van der Waals surface area contributed by atoms with E-state index in [2.05, 4.69) is 9.97 Å². The summed E-state index contributed by atoms with van der Waals surface area (Å²) in [6.45, 7) is 5.68. The molecule has 1 aliphatic rings. The smallest absolute Gasteiger partial charge is 0.216 e. The number of Topliss-reactive ketones (excluding diaryl/α,β-unsaturated/α-hetero) is 1. The van der Waals surface area contributed by atoms with Gasteiger partial charge >= 0.3 is 0 Å². The molecule has 5 nitrogen and oxygen atoms in total. The molecule has 0 aliphatic carbocycles. The van der Waals surface area contributed by atoms with Crippen molar-refractivity contribution in [3.8, 4) is 0 Å². The Labute approximate surface area is 100 Å². The van der Waals surface area contributed by atoms with Gasteiger partial charge in [-0.1, -0.05) is 20.8 Å². The van der Waals surface area contributed by atoms with Crippen LogP contribution in [0.4, 0.5) is 0 Å². The maximum absolute atomic E-state index is 11.7. The van der Waals surface area contributed by atoms with E-state index >= 15 is 0 Å². The van der Waals surface area contributed by atoms with Crippen LogP contribution in [0.5, 0.6) is 0 Å². The van der Waals surface area contributed by atoms with E-state index in [9.17, 15) is 9.90 Å². The first-order valence-electron chi connectivity index (χ1n) is 5.78. The zero-order chi connectivity index (χ0) is 12.6. The molecular weight excluding hydrogens is 220 g/mol. The average molecular weight is 238 g/mol. The number of imidazole rings is 1. The van der Waals surface area contributed by atoms with Crippen molar-refractivity contribution < 1.29 is 14.6 Å². The SMILES string of the molecule is CC(c1cnc[nH]1)C1CC(C)(C)C(=O)[C@@H](O)O1. The second kappa shape index (κ2) is 4.23. The van der Waals surface area contributed by atoms with Crippen LogP contribution in [0.1, 0.15) is 38.8 Å². The zero-order valence-electron chi connectivity index (χ0n) is 10.3. The summed E-state index contributed by atoms with van der Waals surface area (Å²) in [5.74, 6) is -0.176. The lowest BCUT2D eigenvalue weighted by Gasteiger charge is -2.38. The predicted molar refractivity (Wildman–Crippen MR) is 61.3 cm³/mol. The Hall–Kier alpha value is -1.20. The molecule has 1 aromatic heterocycles. The third-order valence-electron chi connectivity index (χ3n) is 3.47. The van der Waals surface area contributed by atoms with Crippen molar-refractivity contribution in [1.82, 2.24) is 9.97 Å². The van der Waals surface area contributed by atoms with E-state index in [0.717, 1.165) is 5.69 Å². The quantitative estimate of drug-likeness (QED) is 0.812. The van der Waals surface area contributed by atoms with Crippen LogP contribution in [0.2, 0.25) is 0 Å². The molecule has 2 heterocycles. The van der Waals surface area contributed by atoms with E-state index in [4.69, 9.17) is 4.74 Å². The van der Waals surface area contributed by atoms with Crippen molar-refractivity contribution in [2.24, 2.45) is 5.41 Å². The Morgan fingerprint density at radius 1 is 1.65 bits per heavy atom. The summed E-state index contributed by atoms with van der Waals surface area (Å²) < 4.78 is 5.38. The molecule has 17 heavy (non-hydrogen) atoms. The first-order valence-corrected chi connectivity index (χ1v) is 5.78. The molecule has 0 amide bonds. The summed E-state index contributed by atoms with van der Waals surface area (Å²) >= 11 is 0. The minimum absolute atomic E-state index is 0.0690. The van der Waals surface area contributed by atoms with Gasteiger partial charge < -0.3 is 14.8 Å². The van der Waals surface area contributed by atoms with Crippen LogP contribution in [0.15, 0.2) is 12.5 Å². The normalized spacial score (nSPS) is 30.2. The van der Waals surface area contributed by atoms with Crippen LogP contribution in [0.25, 0.3) is 0 Å². The van der Waals surface area contributed by atoms with Gasteiger partial charge in [0, 0.05) is 23.2 Å². The Kier molecular flexibility index (Phi) is 3.05. The topological polar surface area (TPSA) is 75.2 Å². The second-order valence-corrected chi connectivity index (χ2v) is 5.27. The molecule has 94 valence electrons. The van der Waals surface area contributed by atoms with Gasteiger partial charge in [0.2, 0.25) is 6.29 Å². The molecular formula is C12H18N2O3. The monoisotopic (exact) mass is 238 g/mol. The lowest BCUT2D eigenvalue weighted by Crippen LogP contribution is -2.47. The number of hydrogen-bond acceptors (Lipinski definition) is 4. The summed E-state index contributed by atoms with van der Waals surface area (Å²) in [5.41, 5.74) is 0.406. The van der Waals surface area contributed by atoms with Crippen molar-refractivity contribution in [2.45, 2.75) is 45.5 Å². The van der Waals surface area contributed by atoms with Gasteiger partial charge in [-0.05, 0) is 6.42 Å². The number of carbonyl (C=O) groups excluding carboxylic acids is 1. The predicted octanol–water partition coefficient (Wildman–Crippen LogP) is 1.22. The van der Waals surface area contributed by atoms with Gasteiger partial charge in [0.05, 0.1) is 12.4 Å². The molecule has 2 rings (SSSR count). The molecule has 2 N–H and O–H groups in total. The van der Waals surface area contributed by atoms with Gasteiger partial charge in [0.1, 0.15) is 0 Å². The molecule has 0 spiro atoms. The first kappa shape index (κ1) is 12.3. The van der Waals surface area contributed by atoms with Crippen LogP contribution in [-0.4, -0.2) is 33.3 Å². The number of aromatic nitrogens is 2. The standard InChI is InChI=1S/C12H18N2O3/c1-7(8-5-13-6-14-8)9-4-12(2,3)10(15)11(16)17-9/h5-7,9,11,16H,4H2,1-3H3,(H,13,14)/t7?,9?,11-/m0/s1. The minimum atomic E-state index is -1.31. The van der Waals surface area contributed by atoms with E-state index in [1.165, 1.54) is 0 Å². The first-order chi connectivity index (χ1) is 7.92. The highest BCUT2D eigenvalue weighted by molar-refractivity contribution is 5.87. The fraction of sp³-hybridized carbons (Fsp3) is 0.667. The second-order valence-electron chi connectivity index (χ2n) is 5.27. The van der Waals surface area contributed by atoms with Crippen molar-refractivity contribution in [1.29, 1.82) is 0 Å². The molecule has 2 unspecified atom stereocenters. The zero-order valence-corrected chi connectivity index (χ0v) is 10.3. The molecule has 1 saturated heterocycles.